The molecule has 0 saturated carbocycles. The molecular formula is C22H22FN3OS. The molecule has 1 aromatic heterocycles. The van der Waals surface area contributed by atoms with Crippen molar-refractivity contribution in [1.82, 2.24) is 9.55 Å². The lowest BCUT2D eigenvalue weighted by Crippen LogP contribution is -2.23. The summed E-state index contributed by atoms with van der Waals surface area (Å²) in [5.74, 6) is -0.676. The molecule has 1 unspecified atom stereocenters. The lowest BCUT2D eigenvalue weighted by Gasteiger charge is -2.16. The first-order valence-electron chi connectivity index (χ1n) is 9.51. The van der Waals surface area contributed by atoms with Crippen LogP contribution >= 0.6 is 11.8 Å². The monoisotopic (exact) mass is 395 g/mol. The Labute approximate surface area is 168 Å². The van der Waals surface area contributed by atoms with Crippen LogP contribution in [0.4, 0.5) is 10.1 Å². The second-order valence-corrected chi connectivity index (χ2v) is 8.20. The highest BCUT2D eigenvalue weighted by Gasteiger charge is 2.25. The van der Waals surface area contributed by atoms with Gasteiger partial charge in [0.2, 0.25) is 5.91 Å². The molecular weight excluding hydrogens is 373 g/mol. The number of fused-ring (bicyclic) bond motifs is 1. The SMILES string of the molecule is CC(Sc1nc2c(n1-c1ccccc1)CCCC2)C(=O)Nc1ccccc1F. The number of nitrogens with zero attached hydrogens (tertiary/aromatic N) is 2. The van der Waals surface area contributed by atoms with Gasteiger partial charge in [-0.3, -0.25) is 9.36 Å². The largest absolute Gasteiger partial charge is 0.323 e. The van der Waals surface area contributed by atoms with E-state index in [0.717, 1.165) is 42.2 Å². The fourth-order valence-corrected chi connectivity index (χ4v) is 4.41. The zero-order valence-electron chi connectivity index (χ0n) is 15.7. The van der Waals surface area contributed by atoms with Crippen LogP contribution in [0, 0.1) is 5.82 Å². The van der Waals surface area contributed by atoms with Crippen LogP contribution < -0.4 is 5.32 Å². The van der Waals surface area contributed by atoms with Gasteiger partial charge in [0, 0.05) is 11.4 Å². The van der Waals surface area contributed by atoms with Gasteiger partial charge in [0.05, 0.1) is 16.6 Å². The number of hydrogen-bond acceptors (Lipinski definition) is 3. The minimum atomic E-state index is -0.436. The van der Waals surface area contributed by atoms with Gasteiger partial charge >= 0.3 is 0 Å². The number of hydrogen-bond donors (Lipinski definition) is 1. The Morgan fingerprint density at radius 1 is 1.11 bits per heavy atom. The molecule has 1 N–H and O–H groups in total. The first-order valence-corrected chi connectivity index (χ1v) is 10.4. The molecule has 0 spiro atoms. The summed E-state index contributed by atoms with van der Waals surface area (Å²) in [6, 6.07) is 16.3. The molecule has 1 aliphatic rings. The number of rotatable bonds is 5. The van der Waals surface area contributed by atoms with Crippen molar-refractivity contribution in [2.75, 3.05) is 5.32 Å². The number of aryl methyl sites for hydroxylation is 1. The summed E-state index contributed by atoms with van der Waals surface area (Å²) in [4.78, 5) is 17.5. The van der Waals surface area contributed by atoms with Gasteiger partial charge < -0.3 is 5.32 Å². The molecule has 0 saturated heterocycles. The predicted molar refractivity (Wildman–Crippen MR) is 111 cm³/mol. The predicted octanol–water partition coefficient (Wildman–Crippen LogP) is 5.01. The summed E-state index contributed by atoms with van der Waals surface area (Å²) in [5, 5.41) is 3.08. The van der Waals surface area contributed by atoms with Gasteiger partial charge in [-0.2, -0.15) is 0 Å². The van der Waals surface area contributed by atoms with E-state index in [-0.39, 0.29) is 11.6 Å². The van der Waals surface area contributed by atoms with Gasteiger partial charge in [0.1, 0.15) is 5.82 Å². The molecule has 1 aliphatic carbocycles. The topological polar surface area (TPSA) is 46.9 Å². The van der Waals surface area contributed by atoms with Crippen molar-refractivity contribution in [3.05, 3.63) is 71.8 Å². The Morgan fingerprint density at radius 2 is 1.82 bits per heavy atom. The van der Waals surface area contributed by atoms with Crippen molar-refractivity contribution in [3.8, 4) is 5.69 Å². The van der Waals surface area contributed by atoms with Crippen LogP contribution in [0.25, 0.3) is 5.69 Å². The van der Waals surface area contributed by atoms with E-state index < -0.39 is 11.1 Å². The van der Waals surface area contributed by atoms with Crippen LogP contribution in [0.5, 0.6) is 0 Å². The smallest absolute Gasteiger partial charge is 0.237 e. The number of thioether (sulfide) groups is 1. The van der Waals surface area contributed by atoms with E-state index in [2.05, 4.69) is 22.0 Å². The fourth-order valence-electron chi connectivity index (χ4n) is 3.45. The van der Waals surface area contributed by atoms with Crippen LogP contribution in [-0.2, 0) is 17.6 Å². The normalized spacial score (nSPS) is 14.4. The third-order valence-corrected chi connectivity index (χ3v) is 5.95. The third-order valence-electron chi connectivity index (χ3n) is 4.90. The highest BCUT2D eigenvalue weighted by molar-refractivity contribution is 8.00. The summed E-state index contributed by atoms with van der Waals surface area (Å²) in [7, 11) is 0. The standard InChI is InChI=1S/C22H22FN3OS/c1-15(21(27)24-18-12-6-5-11-17(18)23)28-22-25-19-13-7-8-14-20(19)26(22)16-9-3-2-4-10-16/h2-6,9-12,15H,7-8,13-14H2,1H3,(H,24,27). The zero-order valence-corrected chi connectivity index (χ0v) is 16.5. The van der Waals surface area contributed by atoms with Crippen LogP contribution in [0.1, 0.15) is 31.2 Å². The summed E-state index contributed by atoms with van der Waals surface area (Å²) < 4.78 is 16.0. The van der Waals surface area contributed by atoms with Crippen LogP contribution in [0.2, 0.25) is 0 Å². The van der Waals surface area contributed by atoms with Gasteiger partial charge in [-0.25, -0.2) is 9.37 Å². The molecule has 4 rings (SSSR count). The third kappa shape index (κ3) is 3.83. The first kappa shape index (κ1) is 18.7. The molecule has 2 aromatic carbocycles. The van der Waals surface area contributed by atoms with E-state index in [1.807, 2.05) is 25.1 Å². The molecule has 3 aromatic rings. The highest BCUT2D eigenvalue weighted by Crippen LogP contribution is 2.32. The number of nitrogens with one attached hydrogen (secondary N) is 1. The van der Waals surface area contributed by atoms with Gasteiger partial charge in [0.25, 0.3) is 0 Å². The maximum Gasteiger partial charge on any atom is 0.237 e. The molecule has 4 nitrogen and oxygen atoms in total. The molecule has 0 radical (unpaired) electrons. The van der Waals surface area contributed by atoms with E-state index in [1.54, 1.807) is 18.2 Å². The summed E-state index contributed by atoms with van der Waals surface area (Å²) in [6.45, 7) is 1.82. The van der Waals surface area contributed by atoms with Gasteiger partial charge in [-0.1, -0.05) is 42.1 Å². The number of aromatic nitrogens is 2. The number of carbonyl (C=O) groups is 1. The number of anilines is 1. The van der Waals surface area contributed by atoms with Crippen molar-refractivity contribution < 1.29 is 9.18 Å². The Kier molecular flexibility index (Phi) is 5.48. The maximum atomic E-state index is 13.8. The number of imidazole rings is 1. The van der Waals surface area contributed by atoms with Crippen molar-refractivity contribution >= 4 is 23.4 Å². The Morgan fingerprint density at radius 3 is 2.61 bits per heavy atom. The quantitative estimate of drug-likeness (QED) is 0.618. The van der Waals surface area contributed by atoms with Crippen molar-refractivity contribution in [2.45, 2.75) is 43.0 Å². The van der Waals surface area contributed by atoms with E-state index in [0.29, 0.717) is 0 Å². The molecule has 1 atom stereocenters. The molecule has 0 aliphatic heterocycles. The average molecular weight is 396 g/mol. The second-order valence-electron chi connectivity index (χ2n) is 6.90. The van der Waals surface area contributed by atoms with E-state index in [9.17, 15) is 9.18 Å². The maximum absolute atomic E-state index is 13.8. The van der Waals surface area contributed by atoms with Crippen molar-refractivity contribution in [1.29, 1.82) is 0 Å². The van der Waals surface area contributed by atoms with Crippen LogP contribution in [0.15, 0.2) is 59.8 Å². The van der Waals surface area contributed by atoms with Gasteiger partial charge in [-0.15, -0.1) is 0 Å². The number of benzene rings is 2. The van der Waals surface area contributed by atoms with E-state index in [4.69, 9.17) is 4.98 Å². The van der Waals surface area contributed by atoms with Crippen LogP contribution in [-0.4, -0.2) is 20.7 Å². The van der Waals surface area contributed by atoms with E-state index in [1.165, 1.54) is 23.5 Å². The fraction of sp³-hybridized carbons (Fsp3) is 0.273. The van der Waals surface area contributed by atoms with Crippen LogP contribution in [0.3, 0.4) is 0 Å². The molecule has 0 bridgehead atoms. The van der Waals surface area contributed by atoms with E-state index >= 15 is 0 Å². The summed E-state index contributed by atoms with van der Waals surface area (Å²) in [5.41, 5.74) is 3.62. The molecule has 0 fully saturated rings. The number of para-hydroxylation sites is 2. The number of halogens is 1. The Bertz CT molecular complexity index is 987. The van der Waals surface area contributed by atoms with Crippen molar-refractivity contribution in [2.24, 2.45) is 0 Å². The lowest BCUT2D eigenvalue weighted by molar-refractivity contribution is -0.115. The minimum absolute atomic E-state index is 0.200. The average Bonchev–Trinajstić information content (AvgIpc) is 3.08. The summed E-state index contributed by atoms with van der Waals surface area (Å²) in [6.07, 6.45) is 4.26. The Balaban J connectivity index is 1.60. The zero-order chi connectivity index (χ0) is 19.5. The van der Waals surface area contributed by atoms with Gasteiger partial charge in [-0.05, 0) is 56.9 Å². The second kappa shape index (κ2) is 8.19. The highest BCUT2D eigenvalue weighted by atomic mass is 32.2. The molecule has 6 heteroatoms. The molecule has 28 heavy (non-hydrogen) atoms. The van der Waals surface area contributed by atoms with Gasteiger partial charge in [0.15, 0.2) is 5.16 Å². The molecule has 1 heterocycles. The lowest BCUT2D eigenvalue weighted by atomic mass is 10.0. The Hall–Kier alpha value is -2.60. The minimum Gasteiger partial charge on any atom is -0.323 e. The number of carbonyl (C=O) groups excluding carboxylic acids is 1. The summed E-state index contributed by atoms with van der Waals surface area (Å²) >= 11 is 1.41. The molecule has 144 valence electrons. The number of amides is 1. The first-order chi connectivity index (χ1) is 13.6. The molecule has 1 amide bonds. The van der Waals surface area contributed by atoms with Crippen molar-refractivity contribution in [3.63, 3.8) is 0 Å².